The van der Waals surface area contributed by atoms with E-state index in [-0.39, 0.29) is 0 Å². The Kier molecular flexibility index (Phi) is 4.68. The number of ether oxygens (including phenoxy) is 1. The van der Waals surface area contributed by atoms with E-state index in [4.69, 9.17) is 4.74 Å². The van der Waals surface area contributed by atoms with Crippen LogP contribution in [0.25, 0.3) is 0 Å². The van der Waals surface area contributed by atoms with E-state index < -0.39 is 0 Å². The number of piperidine rings is 1. The van der Waals surface area contributed by atoms with Crippen LogP contribution in [0.3, 0.4) is 0 Å². The van der Waals surface area contributed by atoms with Crippen molar-refractivity contribution in [3.63, 3.8) is 0 Å². The maximum Gasteiger partial charge on any atom is 0.120 e. The van der Waals surface area contributed by atoms with Crippen molar-refractivity contribution in [2.45, 2.75) is 25.4 Å². The second-order valence-corrected chi connectivity index (χ2v) is 6.05. The minimum Gasteiger partial charge on any atom is -0.497 e. The zero-order valence-corrected chi connectivity index (χ0v) is 13.5. The summed E-state index contributed by atoms with van der Waals surface area (Å²) in [5.41, 5.74) is 2.60. The van der Waals surface area contributed by atoms with E-state index in [0.29, 0.717) is 6.04 Å². The summed E-state index contributed by atoms with van der Waals surface area (Å²) in [5.74, 6) is 0.928. The fourth-order valence-electron chi connectivity index (χ4n) is 3.11. The smallest absolute Gasteiger partial charge is 0.120 e. The van der Waals surface area contributed by atoms with Gasteiger partial charge in [0.2, 0.25) is 0 Å². The molecule has 1 N–H and O–H groups in total. The molecular formula is C18H25N3O. The van der Waals surface area contributed by atoms with Crippen LogP contribution in [0.1, 0.15) is 18.4 Å². The second-order valence-electron chi connectivity index (χ2n) is 6.05. The standard InChI is InChI=1S/C18H25N3O/c1-20-10-8-15(13-20)12-19-16-5-4-9-21(14-16)17-6-3-7-18(11-17)22-2/h3,6-8,10-11,13,16,19H,4-5,9,12,14H2,1-2H3. The van der Waals surface area contributed by atoms with Crippen LogP contribution < -0.4 is 15.0 Å². The third kappa shape index (κ3) is 3.63. The summed E-state index contributed by atoms with van der Waals surface area (Å²) in [5, 5.41) is 3.69. The van der Waals surface area contributed by atoms with Crippen LogP contribution in [-0.2, 0) is 13.6 Å². The Bertz CT molecular complexity index is 608. The van der Waals surface area contributed by atoms with Crippen molar-refractivity contribution in [3.8, 4) is 5.75 Å². The molecule has 2 heterocycles. The Morgan fingerprint density at radius 2 is 2.23 bits per heavy atom. The highest BCUT2D eigenvalue weighted by atomic mass is 16.5. The maximum atomic E-state index is 5.34. The predicted molar refractivity (Wildman–Crippen MR) is 90.5 cm³/mol. The zero-order chi connectivity index (χ0) is 15.4. The summed E-state index contributed by atoms with van der Waals surface area (Å²) >= 11 is 0. The number of nitrogens with zero attached hydrogens (tertiary/aromatic N) is 2. The van der Waals surface area contributed by atoms with E-state index in [0.717, 1.165) is 25.4 Å². The fraction of sp³-hybridized carbons (Fsp3) is 0.444. The van der Waals surface area contributed by atoms with Crippen LogP contribution in [0.15, 0.2) is 42.7 Å². The van der Waals surface area contributed by atoms with Crippen molar-refractivity contribution in [1.29, 1.82) is 0 Å². The van der Waals surface area contributed by atoms with Gasteiger partial charge in [-0.25, -0.2) is 0 Å². The second kappa shape index (κ2) is 6.88. The van der Waals surface area contributed by atoms with Gasteiger partial charge in [-0.3, -0.25) is 0 Å². The highest BCUT2D eigenvalue weighted by Crippen LogP contribution is 2.24. The number of hydrogen-bond acceptors (Lipinski definition) is 3. The summed E-state index contributed by atoms with van der Waals surface area (Å²) in [7, 11) is 3.79. The topological polar surface area (TPSA) is 29.4 Å². The molecule has 4 heteroatoms. The summed E-state index contributed by atoms with van der Waals surface area (Å²) in [4.78, 5) is 2.45. The van der Waals surface area contributed by atoms with Gasteiger partial charge in [-0.15, -0.1) is 0 Å². The lowest BCUT2D eigenvalue weighted by atomic mass is 10.0. The number of rotatable bonds is 5. The Hall–Kier alpha value is -1.94. The quantitative estimate of drug-likeness (QED) is 0.920. The molecule has 0 bridgehead atoms. The van der Waals surface area contributed by atoms with Crippen LogP contribution >= 0.6 is 0 Å². The van der Waals surface area contributed by atoms with Crippen molar-refractivity contribution in [3.05, 3.63) is 48.3 Å². The Morgan fingerprint density at radius 3 is 3.00 bits per heavy atom. The van der Waals surface area contributed by atoms with Gasteiger partial charge in [-0.05, 0) is 36.6 Å². The number of benzene rings is 1. The first kappa shape index (κ1) is 15.0. The average Bonchev–Trinajstić information content (AvgIpc) is 2.99. The average molecular weight is 299 g/mol. The molecule has 1 fully saturated rings. The molecule has 0 spiro atoms. The van der Waals surface area contributed by atoms with Gasteiger partial charge in [0.25, 0.3) is 0 Å². The third-order valence-electron chi connectivity index (χ3n) is 4.33. The van der Waals surface area contributed by atoms with Crippen molar-refractivity contribution < 1.29 is 4.74 Å². The SMILES string of the molecule is COc1cccc(N2CCCC(NCc3ccn(C)c3)C2)c1. The van der Waals surface area contributed by atoms with Gasteiger partial charge < -0.3 is 19.5 Å². The Balaban J connectivity index is 1.58. The van der Waals surface area contributed by atoms with Crippen molar-refractivity contribution in [2.75, 3.05) is 25.1 Å². The predicted octanol–water partition coefficient (Wildman–Crippen LogP) is 2.79. The van der Waals surface area contributed by atoms with Crippen LogP contribution in [0.2, 0.25) is 0 Å². The molecule has 1 unspecified atom stereocenters. The van der Waals surface area contributed by atoms with Crippen molar-refractivity contribution >= 4 is 5.69 Å². The molecule has 1 aromatic heterocycles. The monoisotopic (exact) mass is 299 g/mol. The number of aryl methyl sites for hydroxylation is 1. The van der Waals surface area contributed by atoms with Crippen molar-refractivity contribution in [2.24, 2.45) is 7.05 Å². The van der Waals surface area contributed by atoms with E-state index >= 15 is 0 Å². The van der Waals surface area contributed by atoms with Gasteiger partial charge in [-0.1, -0.05) is 6.07 Å². The Morgan fingerprint density at radius 1 is 1.32 bits per heavy atom. The molecule has 3 rings (SSSR count). The minimum atomic E-state index is 0.542. The first-order chi connectivity index (χ1) is 10.7. The van der Waals surface area contributed by atoms with E-state index in [1.54, 1.807) is 7.11 Å². The molecule has 1 aromatic carbocycles. The Labute approximate surface area is 132 Å². The van der Waals surface area contributed by atoms with Gasteiger partial charge >= 0.3 is 0 Å². The number of methoxy groups -OCH3 is 1. The molecule has 4 nitrogen and oxygen atoms in total. The molecule has 1 saturated heterocycles. The molecule has 0 saturated carbocycles. The number of hydrogen-bond donors (Lipinski definition) is 1. The van der Waals surface area contributed by atoms with Gasteiger partial charge in [0.15, 0.2) is 0 Å². The third-order valence-corrected chi connectivity index (χ3v) is 4.33. The van der Waals surface area contributed by atoms with Gasteiger partial charge in [0.1, 0.15) is 5.75 Å². The molecular weight excluding hydrogens is 274 g/mol. The summed E-state index contributed by atoms with van der Waals surface area (Å²) in [6.07, 6.45) is 6.74. The minimum absolute atomic E-state index is 0.542. The molecule has 0 amide bonds. The highest BCUT2D eigenvalue weighted by Gasteiger charge is 2.20. The number of anilines is 1. The van der Waals surface area contributed by atoms with Crippen molar-refractivity contribution in [1.82, 2.24) is 9.88 Å². The maximum absolute atomic E-state index is 5.34. The number of nitrogens with one attached hydrogen (secondary N) is 1. The molecule has 0 aliphatic carbocycles. The first-order valence-electron chi connectivity index (χ1n) is 7.98. The normalized spacial score (nSPS) is 18.5. The van der Waals surface area contributed by atoms with E-state index in [1.165, 1.54) is 24.1 Å². The summed E-state index contributed by atoms with van der Waals surface area (Å²) < 4.78 is 7.43. The molecule has 1 aliphatic rings. The summed E-state index contributed by atoms with van der Waals surface area (Å²) in [6.45, 7) is 3.12. The van der Waals surface area contributed by atoms with Gasteiger partial charge in [-0.2, -0.15) is 0 Å². The largest absolute Gasteiger partial charge is 0.497 e. The molecule has 1 aliphatic heterocycles. The zero-order valence-electron chi connectivity index (χ0n) is 13.5. The first-order valence-corrected chi connectivity index (χ1v) is 7.98. The lowest BCUT2D eigenvalue weighted by molar-refractivity contribution is 0.411. The van der Waals surface area contributed by atoms with E-state index in [9.17, 15) is 0 Å². The lowest BCUT2D eigenvalue weighted by Gasteiger charge is -2.35. The fourth-order valence-corrected chi connectivity index (χ4v) is 3.11. The molecule has 2 aromatic rings. The van der Waals surface area contributed by atoms with Crippen LogP contribution in [-0.4, -0.2) is 30.8 Å². The van der Waals surface area contributed by atoms with Gasteiger partial charge in [0.05, 0.1) is 7.11 Å². The molecule has 0 radical (unpaired) electrons. The van der Waals surface area contributed by atoms with Gasteiger partial charge in [0, 0.05) is 56.9 Å². The number of aromatic nitrogens is 1. The van der Waals surface area contributed by atoms with E-state index in [2.05, 4.69) is 58.5 Å². The molecule has 1 atom stereocenters. The summed E-state index contributed by atoms with van der Waals surface area (Å²) in [6, 6.07) is 11.1. The molecule has 22 heavy (non-hydrogen) atoms. The van der Waals surface area contributed by atoms with E-state index in [1.807, 2.05) is 6.07 Å². The van der Waals surface area contributed by atoms with Crippen LogP contribution in [0, 0.1) is 0 Å². The van der Waals surface area contributed by atoms with Crippen LogP contribution in [0.4, 0.5) is 5.69 Å². The highest BCUT2D eigenvalue weighted by molar-refractivity contribution is 5.51. The molecule has 118 valence electrons. The lowest BCUT2D eigenvalue weighted by Crippen LogP contribution is -2.45. The van der Waals surface area contributed by atoms with Crippen LogP contribution in [0.5, 0.6) is 5.75 Å².